The summed E-state index contributed by atoms with van der Waals surface area (Å²) in [4.78, 5) is 4.17. The van der Waals surface area contributed by atoms with E-state index in [2.05, 4.69) is 27.6 Å². The van der Waals surface area contributed by atoms with Crippen LogP contribution in [0.15, 0.2) is 18.6 Å². The highest BCUT2D eigenvalue weighted by atomic mass is 16.3. The summed E-state index contributed by atoms with van der Waals surface area (Å²) in [5.74, 6) is 0. The summed E-state index contributed by atoms with van der Waals surface area (Å²) < 4.78 is 3.97. The van der Waals surface area contributed by atoms with Crippen molar-refractivity contribution < 1.29 is 5.11 Å². The van der Waals surface area contributed by atoms with Gasteiger partial charge in [0.15, 0.2) is 0 Å². The number of imidazole rings is 1. The standard InChI is InChI=1S/C14H20N4O/c1-3-10-6-12(17(2)16-10)7-14(19)13-8-15-9-18(13)11-4-5-11/h6,8-9,11,14,19H,3-5,7H2,1-2H3. The first-order valence-corrected chi connectivity index (χ1v) is 6.90. The number of hydrogen-bond acceptors (Lipinski definition) is 3. The van der Waals surface area contributed by atoms with Gasteiger partial charge in [0.25, 0.3) is 0 Å². The molecule has 19 heavy (non-hydrogen) atoms. The largest absolute Gasteiger partial charge is 0.386 e. The maximum atomic E-state index is 10.4. The highest BCUT2D eigenvalue weighted by Crippen LogP contribution is 2.37. The maximum absolute atomic E-state index is 10.4. The van der Waals surface area contributed by atoms with E-state index in [1.54, 1.807) is 6.20 Å². The van der Waals surface area contributed by atoms with Crippen molar-refractivity contribution in [3.05, 3.63) is 35.7 Å². The van der Waals surface area contributed by atoms with Gasteiger partial charge in [-0.2, -0.15) is 5.10 Å². The maximum Gasteiger partial charge on any atom is 0.101 e. The van der Waals surface area contributed by atoms with E-state index < -0.39 is 6.10 Å². The van der Waals surface area contributed by atoms with Gasteiger partial charge in [0.2, 0.25) is 0 Å². The number of aliphatic hydroxyl groups excluding tert-OH is 1. The lowest BCUT2D eigenvalue weighted by molar-refractivity contribution is 0.166. The lowest BCUT2D eigenvalue weighted by atomic mass is 10.1. The smallest absolute Gasteiger partial charge is 0.101 e. The molecule has 0 spiro atoms. The van der Waals surface area contributed by atoms with E-state index in [0.29, 0.717) is 12.5 Å². The summed E-state index contributed by atoms with van der Waals surface area (Å²) in [5, 5.41) is 14.8. The molecule has 1 atom stereocenters. The average Bonchev–Trinajstić information content (AvgIpc) is 3.01. The molecule has 102 valence electrons. The zero-order chi connectivity index (χ0) is 13.4. The molecule has 0 aliphatic heterocycles. The molecule has 5 nitrogen and oxygen atoms in total. The van der Waals surface area contributed by atoms with Crippen LogP contribution in [-0.4, -0.2) is 24.4 Å². The molecule has 0 aromatic carbocycles. The van der Waals surface area contributed by atoms with Crippen LogP contribution in [-0.2, 0) is 19.9 Å². The van der Waals surface area contributed by atoms with Gasteiger partial charge in [0.1, 0.15) is 6.10 Å². The monoisotopic (exact) mass is 260 g/mol. The molecule has 3 rings (SSSR count). The van der Waals surface area contributed by atoms with Crippen molar-refractivity contribution in [2.45, 2.75) is 44.8 Å². The second-order valence-corrected chi connectivity index (χ2v) is 5.28. The molecule has 0 amide bonds. The Hall–Kier alpha value is -1.62. The normalized spacial score (nSPS) is 16.8. The van der Waals surface area contributed by atoms with Crippen LogP contribution < -0.4 is 0 Å². The molecular formula is C14H20N4O. The number of hydrogen-bond donors (Lipinski definition) is 1. The first-order valence-electron chi connectivity index (χ1n) is 6.90. The van der Waals surface area contributed by atoms with E-state index in [4.69, 9.17) is 0 Å². The van der Waals surface area contributed by atoms with Crippen LogP contribution in [0, 0.1) is 0 Å². The number of rotatable bonds is 5. The van der Waals surface area contributed by atoms with Gasteiger partial charge in [0.05, 0.1) is 23.9 Å². The van der Waals surface area contributed by atoms with Gasteiger partial charge in [-0.3, -0.25) is 4.68 Å². The summed E-state index contributed by atoms with van der Waals surface area (Å²) in [7, 11) is 1.93. The van der Waals surface area contributed by atoms with Gasteiger partial charge in [-0.25, -0.2) is 4.98 Å². The van der Waals surface area contributed by atoms with Gasteiger partial charge in [-0.05, 0) is 25.3 Å². The summed E-state index contributed by atoms with van der Waals surface area (Å²) in [6, 6.07) is 2.62. The Morgan fingerprint density at radius 2 is 2.26 bits per heavy atom. The van der Waals surface area contributed by atoms with Crippen LogP contribution in [0.2, 0.25) is 0 Å². The highest BCUT2D eigenvalue weighted by Gasteiger charge is 2.27. The number of nitrogens with zero attached hydrogens (tertiary/aromatic N) is 4. The van der Waals surface area contributed by atoms with Crippen LogP contribution in [0.3, 0.4) is 0 Å². The summed E-state index contributed by atoms with van der Waals surface area (Å²) >= 11 is 0. The van der Waals surface area contributed by atoms with Crippen molar-refractivity contribution in [3.8, 4) is 0 Å². The molecule has 2 aromatic rings. The van der Waals surface area contributed by atoms with Crippen LogP contribution >= 0.6 is 0 Å². The predicted molar refractivity (Wildman–Crippen MR) is 71.7 cm³/mol. The lowest BCUT2D eigenvalue weighted by Crippen LogP contribution is -2.10. The molecule has 0 bridgehead atoms. The SMILES string of the molecule is CCc1cc(CC(O)c2cncn2C2CC2)n(C)n1. The fraction of sp³-hybridized carbons (Fsp3) is 0.571. The van der Waals surface area contributed by atoms with Crippen LogP contribution in [0.25, 0.3) is 0 Å². The molecule has 1 N–H and O–H groups in total. The Morgan fingerprint density at radius 3 is 2.89 bits per heavy atom. The van der Waals surface area contributed by atoms with Crippen molar-refractivity contribution >= 4 is 0 Å². The van der Waals surface area contributed by atoms with Crippen molar-refractivity contribution in [3.63, 3.8) is 0 Å². The Bertz CT molecular complexity index is 568. The third-order valence-corrected chi connectivity index (χ3v) is 3.77. The summed E-state index contributed by atoms with van der Waals surface area (Å²) in [6.07, 6.45) is 7.00. The topological polar surface area (TPSA) is 55.9 Å². The second-order valence-electron chi connectivity index (χ2n) is 5.28. The van der Waals surface area contributed by atoms with E-state index in [0.717, 1.165) is 23.5 Å². The third kappa shape index (κ3) is 2.42. The van der Waals surface area contributed by atoms with Crippen molar-refractivity contribution in [1.82, 2.24) is 19.3 Å². The first-order chi connectivity index (χ1) is 9.19. The van der Waals surface area contributed by atoms with E-state index >= 15 is 0 Å². The Labute approximate surface area is 112 Å². The quantitative estimate of drug-likeness (QED) is 0.891. The molecule has 5 heteroatoms. The fourth-order valence-corrected chi connectivity index (χ4v) is 2.47. The number of aryl methyl sites for hydroxylation is 2. The van der Waals surface area contributed by atoms with Crippen LogP contribution in [0.4, 0.5) is 0 Å². The van der Waals surface area contributed by atoms with E-state index in [-0.39, 0.29) is 0 Å². The first kappa shape index (κ1) is 12.4. The van der Waals surface area contributed by atoms with Gasteiger partial charge in [0, 0.05) is 25.2 Å². The number of aromatic nitrogens is 4. The molecule has 2 heterocycles. The minimum absolute atomic E-state index is 0.511. The molecule has 1 fully saturated rings. The van der Waals surface area contributed by atoms with Crippen molar-refractivity contribution in [2.75, 3.05) is 0 Å². The lowest BCUT2D eigenvalue weighted by Gasteiger charge is -2.13. The Kier molecular flexibility index (Phi) is 3.14. The molecule has 1 unspecified atom stereocenters. The average molecular weight is 260 g/mol. The number of aliphatic hydroxyl groups is 1. The van der Waals surface area contributed by atoms with E-state index in [1.807, 2.05) is 18.1 Å². The Balaban J connectivity index is 1.78. The van der Waals surface area contributed by atoms with Crippen LogP contribution in [0.5, 0.6) is 0 Å². The molecule has 0 radical (unpaired) electrons. The third-order valence-electron chi connectivity index (χ3n) is 3.77. The Morgan fingerprint density at radius 1 is 1.47 bits per heavy atom. The summed E-state index contributed by atoms with van der Waals surface area (Å²) in [5.41, 5.74) is 3.05. The van der Waals surface area contributed by atoms with Gasteiger partial charge in [-0.1, -0.05) is 6.92 Å². The highest BCUT2D eigenvalue weighted by molar-refractivity contribution is 5.15. The molecule has 2 aromatic heterocycles. The molecule has 0 saturated heterocycles. The van der Waals surface area contributed by atoms with Crippen molar-refractivity contribution in [2.24, 2.45) is 7.05 Å². The molecule has 1 aliphatic rings. The van der Waals surface area contributed by atoms with E-state index in [1.165, 1.54) is 12.8 Å². The molecular weight excluding hydrogens is 240 g/mol. The molecule has 1 saturated carbocycles. The molecule has 1 aliphatic carbocycles. The van der Waals surface area contributed by atoms with Crippen LogP contribution in [0.1, 0.15) is 49.0 Å². The van der Waals surface area contributed by atoms with Gasteiger partial charge in [-0.15, -0.1) is 0 Å². The van der Waals surface area contributed by atoms with Crippen molar-refractivity contribution in [1.29, 1.82) is 0 Å². The fourth-order valence-electron chi connectivity index (χ4n) is 2.47. The second kappa shape index (κ2) is 4.81. The predicted octanol–water partition coefficient (Wildman–Crippen LogP) is 1.79. The van der Waals surface area contributed by atoms with E-state index in [9.17, 15) is 5.11 Å². The van der Waals surface area contributed by atoms with Gasteiger partial charge >= 0.3 is 0 Å². The zero-order valence-corrected chi connectivity index (χ0v) is 11.5. The minimum Gasteiger partial charge on any atom is -0.386 e. The minimum atomic E-state index is -0.511. The zero-order valence-electron chi connectivity index (χ0n) is 11.5. The van der Waals surface area contributed by atoms with Gasteiger partial charge < -0.3 is 9.67 Å². The summed E-state index contributed by atoms with van der Waals surface area (Å²) in [6.45, 7) is 2.09.